The molecule has 0 radical (unpaired) electrons. The number of anilines is 1. The first kappa shape index (κ1) is 14.9. The fourth-order valence-corrected chi connectivity index (χ4v) is 4.10. The van der Waals surface area contributed by atoms with E-state index in [1.807, 2.05) is 47.4 Å². The summed E-state index contributed by atoms with van der Waals surface area (Å²) >= 11 is 1.51. The van der Waals surface area contributed by atoms with Gasteiger partial charge in [-0.25, -0.2) is 4.98 Å². The summed E-state index contributed by atoms with van der Waals surface area (Å²) in [5.74, 6) is 0.525. The first-order chi connectivity index (χ1) is 11.7. The molecule has 0 unspecified atom stereocenters. The van der Waals surface area contributed by atoms with Crippen molar-refractivity contribution in [3.05, 3.63) is 64.9 Å². The van der Waals surface area contributed by atoms with Crippen molar-refractivity contribution in [1.82, 2.24) is 4.98 Å². The lowest BCUT2D eigenvalue weighted by Crippen LogP contribution is -2.27. The van der Waals surface area contributed by atoms with Gasteiger partial charge in [-0.05, 0) is 30.2 Å². The van der Waals surface area contributed by atoms with Crippen LogP contribution in [0.1, 0.15) is 17.5 Å². The lowest BCUT2D eigenvalue weighted by molar-refractivity contribution is 0.411. The number of benzene rings is 2. The molecule has 120 valence electrons. The van der Waals surface area contributed by atoms with Crippen LogP contribution in [0.25, 0.3) is 15.8 Å². The summed E-state index contributed by atoms with van der Waals surface area (Å²) in [5, 5.41) is 19.8. The summed E-state index contributed by atoms with van der Waals surface area (Å²) in [6, 6.07) is 15.9. The molecular weight excluding hydrogens is 318 g/mol. The molecule has 4 nitrogen and oxygen atoms in total. The Hall–Kier alpha value is -2.66. The third-order valence-electron chi connectivity index (χ3n) is 4.27. The highest BCUT2D eigenvalue weighted by Crippen LogP contribution is 2.36. The second-order valence-electron chi connectivity index (χ2n) is 5.73. The highest BCUT2D eigenvalue weighted by atomic mass is 32.1. The van der Waals surface area contributed by atoms with Gasteiger partial charge in [0.25, 0.3) is 0 Å². The summed E-state index contributed by atoms with van der Waals surface area (Å²) in [6.07, 6.45) is 0.886. The molecule has 0 atom stereocenters. The van der Waals surface area contributed by atoms with Crippen LogP contribution in [0, 0.1) is 5.41 Å². The Morgan fingerprint density at radius 1 is 1.17 bits per heavy atom. The quantitative estimate of drug-likeness (QED) is 0.734. The summed E-state index contributed by atoms with van der Waals surface area (Å²) in [5.41, 5.74) is 3.59. The molecule has 0 aliphatic carbocycles. The minimum absolute atomic E-state index is 0.213. The maximum absolute atomic E-state index is 10.5. The van der Waals surface area contributed by atoms with Crippen molar-refractivity contribution in [3.63, 3.8) is 0 Å². The van der Waals surface area contributed by atoms with Gasteiger partial charge in [0.05, 0.1) is 22.3 Å². The molecule has 5 heteroatoms. The van der Waals surface area contributed by atoms with Crippen LogP contribution in [0.3, 0.4) is 0 Å². The van der Waals surface area contributed by atoms with Crippen LogP contribution < -0.4 is 4.90 Å². The maximum atomic E-state index is 10.5. The fourth-order valence-electron chi connectivity index (χ4n) is 3.06. The van der Waals surface area contributed by atoms with Gasteiger partial charge in [-0.15, -0.1) is 11.3 Å². The zero-order chi connectivity index (χ0) is 16.7. The predicted octanol–water partition coefficient (Wildman–Crippen LogP) is 4.63. The molecule has 2 heterocycles. The van der Waals surface area contributed by atoms with E-state index in [-0.39, 0.29) is 5.76 Å². The number of nitrogens with zero attached hydrogens (tertiary/aromatic N) is 2. The van der Waals surface area contributed by atoms with Gasteiger partial charge in [-0.2, -0.15) is 0 Å². The Morgan fingerprint density at radius 3 is 2.71 bits per heavy atom. The van der Waals surface area contributed by atoms with E-state index in [2.05, 4.69) is 18.0 Å². The molecule has 0 saturated heterocycles. The Kier molecular flexibility index (Phi) is 3.58. The Bertz CT molecular complexity index is 940. The van der Waals surface area contributed by atoms with Gasteiger partial charge in [0, 0.05) is 5.69 Å². The first-order valence-corrected chi connectivity index (χ1v) is 8.73. The molecule has 0 amide bonds. The summed E-state index contributed by atoms with van der Waals surface area (Å²) in [4.78, 5) is 6.46. The van der Waals surface area contributed by atoms with Crippen molar-refractivity contribution in [1.29, 1.82) is 5.41 Å². The molecule has 0 bridgehead atoms. The number of para-hydroxylation sites is 2. The van der Waals surface area contributed by atoms with E-state index >= 15 is 0 Å². The van der Waals surface area contributed by atoms with Crippen LogP contribution in [0.5, 0.6) is 0 Å². The van der Waals surface area contributed by atoms with Crippen LogP contribution in [0.2, 0.25) is 0 Å². The number of aromatic nitrogens is 1. The Morgan fingerprint density at radius 2 is 1.92 bits per heavy atom. The lowest BCUT2D eigenvalue weighted by Gasteiger charge is -2.21. The highest BCUT2D eigenvalue weighted by molar-refractivity contribution is 7.19. The van der Waals surface area contributed by atoms with E-state index in [9.17, 15) is 5.11 Å². The molecule has 2 N–H and O–H groups in total. The van der Waals surface area contributed by atoms with Crippen LogP contribution in [0.15, 0.2) is 54.3 Å². The molecule has 0 fully saturated rings. The smallest absolute Gasteiger partial charge is 0.139 e. The molecule has 3 aromatic rings. The highest BCUT2D eigenvalue weighted by Gasteiger charge is 2.32. The van der Waals surface area contributed by atoms with Crippen molar-refractivity contribution in [2.75, 3.05) is 11.4 Å². The van der Waals surface area contributed by atoms with Gasteiger partial charge in [0.1, 0.15) is 16.6 Å². The van der Waals surface area contributed by atoms with Crippen LogP contribution >= 0.6 is 11.3 Å². The number of fused-ring (bicyclic) bond motifs is 1. The van der Waals surface area contributed by atoms with E-state index in [0.717, 1.165) is 22.3 Å². The number of rotatable bonds is 3. The number of amidine groups is 1. The second kappa shape index (κ2) is 5.76. The lowest BCUT2D eigenvalue weighted by atomic mass is 10.1. The zero-order valence-electron chi connectivity index (χ0n) is 13.3. The number of nitrogens with one attached hydrogen (secondary N) is 1. The molecule has 1 aromatic heterocycles. The normalized spacial score (nSPS) is 14.9. The Balaban J connectivity index is 1.75. The molecule has 0 spiro atoms. The van der Waals surface area contributed by atoms with Crippen molar-refractivity contribution < 1.29 is 5.11 Å². The third-order valence-corrected chi connectivity index (χ3v) is 5.33. The largest absolute Gasteiger partial charge is 0.510 e. The summed E-state index contributed by atoms with van der Waals surface area (Å²) in [7, 11) is 0. The average molecular weight is 335 g/mol. The van der Waals surface area contributed by atoms with Crippen molar-refractivity contribution >= 4 is 38.6 Å². The fraction of sp³-hybridized carbons (Fsp3) is 0.158. The topological polar surface area (TPSA) is 60.2 Å². The monoisotopic (exact) mass is 335 g/mol. The minimum atomic E-state index is 0.213. The second-order valence-corrected chi connectivity index (χ2v) is 6.76. The number of aliphatic hydroxyl groups excluding tert-OH is 1. The number of aryl methyl sites for hydroxylation is 1. The summed E-state index contributed by atoms with van der Waals surface area (Å²) < 4.78 is 1.06. The average Bonchev–Trinajstić information content (AvgIpc) is 3.15. The number of hydrogen-bond donors (Lipinski definition) is 2. The molecule has 24 heavy (non-hydrogen) atoms. The van der Waals surface area contributed by atoms with Crippen LogP contribution in [0.4, 0.5) is 5.69 Å². The van der Waals surface area contributed by atoms with Crippen molar-refractivity contribution in [3.8, 4) is 0 Å². The molecule has 4 rings (SSSR count). The van der Waals surface area contributed by atoms with Crippen LogP contribution in [-0.2, 0) is 6.42 Å². The predicted molar refractivity (Wildman–Crippen MR) is 100 cm³/mol. The van der Waals surface area contributed by atoms with E-state index in [4.69, 9.17) is 5.41 Å². The van der Waals surface area contributed by atoms with E-state index in [0.29, 0.717) is 23.0 Å². The molecular formula is C19H17N3OS. The molecule has 0 saturated carbocycles. The molecule has 1 aliphatic heterocycles. The number of aliphatic hydroxyl groups is 1. The third kappa shape index (κ3) is 2.29. The van der Waals surface area contributed by atoms with Gasteiger partial charge < -0.3 is 10.0 Å². The molecule has 1 aliphatic rings. The van der Waals surface area contributed by atoms with Crippen molar-refractivity contribution in [2.45, 2.75) is 13.3 Å². The van der Waals surface area contributed by atoms with Gasteiger partial charge in [-0.1, -0.05) is 37.3 Å². The van der Waals surface area contributed by atoms with Gasteiger partial charge >= 0.3 is 0 Å². The van der Waals surface area contributed by atoms with E-state index in [1.165, 1.54) is 16.9 Å². The standard InChI is InChI=1S/C19H17N3OS/c1-2-12-7-3-5-9-14(12)22-11-15(23)17(18(22)20)19-21-13-8-4-6-10-16(13)24-19/h3-10,20,23H,2,11H2,1H3. The van der Waals surface area contributed by atoms with Gasteiger partial charge in [0.2, 0.25) is 0 Å². The Labute approximate surface area is 144 Å². The SMILES string of the molecule is CCc1ccccc1N1CC(O)=C(c2nc3ccccc3s2)C1=N. The van der Waals surface area contributed by atoms with E-state index < -0.39 is 0 Å². The van der Waals surface area contributed by atoms with Crippen molar-refractivity contribution in [2.24, 2.45) is 0 Å². The number of hydrogen-bond acceptors (Lipinski definition) is 4. The zero-order valence-corrected chi connectivity index (χ0v) is 14.1. The van der Waals surface area contributed by atoms with Crippen LogP contribution in [-0.4, -0.2) is 22.5 Å². The maximum Gasteiger partial charge on any atom is 0.139 e. The minimum Gasteiger partial charge on any atom is -0.510 e. The van der Waals surface area contributed by atoms with Gasteiger partial charge in [-0.3, -0.25) is 5.41 Å². The first-order valence-electron chi connectivity index (χ1n) is 7.91. The molecule has 2 aromatic carbocycles. The summed E-state index contributed by atoms with van der Waals surface area (Å²) in [6.45, 7) is 2.42. The van der Waals surface area contributed by atoms with Gasteiger partial charge in [0.15, 0.2) is 0 Å². The number of thiazole rings is 1. The van der Waals surface area contributed by atoms with E-state index in [1.54, 1.807) is 0 Å².